The van der Waals surface area contributed by atoms with Crippen LogP contribution in [-0.4, -0.2) is 15.7 Å². The molecule has 0 radical (unpaired) electrons. The van der Waals surface area contributed by atoms with Crippen LogP contribution in [0.4, 0.5) is 11.4 Å². The molecule has 128 valence electrons. The molecule has 0 aliphatic heterocycles. The summed E-state index contributed by atoms with van der Waals surface area (Å²) in [5.41, 5.74) is 7.69. The van der Waals surface area contributed by atoms with E-state index >= 15 is 0 Å². The number of nitrogens with one attached hydrogen (secondary N) is 2. The summed E-state index contributed by atoms with van der Waals surface area (Å²) in [6, 6.07) is 12.7. The summed E-state index contributed by atoms with van der Waals surface area (Å²) in [4.78, 5) is 10.6. The molecular weight excluding hydrogens is 336 g/mol. The number of nitro benzene ring substituents is 1. The van der Waals surface area contributed by atoms with Gasteiger partial charge in [0, 0.05) is 6.07 Å². The molecule has 1 aliphatic carbocycles. The number of hydrogen-bond acceptors (Lipinski definition) is 4. The Hall–Kier alpha value is -2.80. The molecule has 6 nitrogen and oxygen atoms in total. The second-order valence-corrected chi connectivity index (χ2v) is 6.28. The number of fused-ring (bicyclic) bond motifs is 1. The Bertz CT molecular complexity index is 864. The molecule has 0 heterocycles. The van der Waals surface area contributed by atoms with Gasteiger partial charge in [-0.15, -0.1) is 0 Å². The molecule has 0 saturated carbocycles. The molecule has 2 aromatic carbocycles. The second-order valence-electron chi connectivity index (χ2n) is 5.87. The first-order chi connectivity index (χ1) is 12.0. The molecule has 0 amide bonds. The van der Waals surface area contributed by atoms with Crippen molar-refractivity contribution in [3.63, 3.8) is 0 Å². The fourth-order valence-corrected chi connectivity index (χ4v) is 3.04. The maximum Gasteiger partial charge on any atom is 0.292 e. The SMILES string of the molecule is C/C(=N/NC(=S)Nc1ccccc1[N+](=O)[O-])c1ccc2c(c1)CCC2. The van der Waals surface area contributed by atoms with E-state index in [0.717, 1.165) is 24.1 Å². The molecule has 2 aromatic rings. The van der Waals surface area contributed by atoms with Crippen LogP contribution in [0.1, 0.15) is 30.0 Å². The molecule has 3 rings (SSSR count). The van der Waals surface area contributed by atoms with Gasteiger partial charge in [-0.3, -0.25) is 15.5 Å². The summed E-state index contributed by atoms with van der Waals surface area (Å²) in [6.45, 7) is 1.90. The molecule has 0 spiro atoms. The van der Waals surface area contributed by atoms with Gasteiger partial charge < -0.3 is 5.32 Å². The lowest BCUT2D eigenvalue weighted by molar-refractivity contribution is -0.383. The van der Waals surface area contributed by atoms with E-state index in [1.165, 1.54) is 23.6 Å². The highest BCUT2D eigenvalue weighted by atomic mass is 32.1. The average Bonchev–Trinajstić information content (AvgIpc) is 3.07. The predicted octanol–water partition coefficient (Wildman–Crippen LogP) is 3.79. The fourth-order valence-electron chi connectivity index (χ4n) is 2.88. The zero-order valence-corrected chi connectivity index (χ0v) is 14.6. The third-order valence-electron chi connectivity index (χ3n) is 4.19. The van der Waals surface area contributed by atoms with Crippen LogP contribution in [0.25, 0.3) is 0 Å². The Balaban J connectivity index is 1.67. The number of anilines is 1. The average molecular weight is 354 g/mol. The number of thiocarbonyl (C=S) groups is 1. The van der Waals surface area contributed by atoms with E-state index in [-0.39, 0.29) is 10.8 Å². The Kier molecular flexibility index (Phi) is 5.04. The maximum atomic E-state index is 11.0. The Labute approximate surface area is 151 Å². The summed E-state index contributed by atoms with van der Waals surface area (Å²) >= 11 is 5.18. The lowest BCUT2D eigenvalue weighted by atomic mass is 10.0. The van der Waals surface area contributed by atoms with Crippen LogP contribution >= 0.6 is 12.2 Å². The number of para-hydroxylation sites is 2. The highest BCUT2D eigenvalue weighted by molar-refractivity contribution is 7.80. The number of hydrazone groups is 1. The number of nitrogens with zero attached hydrogens (tertiary/aromatic N) is 2. The molecule has 1 aliphatic rings. The van der Waals surface area contributed by atoms with Gasteiger partial charge in [0.15, 0.2) is 5.11 Å². The summed E-state index contributed by atoms with van der Waals surface area (Å²) in [5, 5.41) is 18.3. The Morgan fingerprint density at radius 1 is 1.20 bits per heavy atom. The number of aryl methyl sites for hydroxylation is 2. The van der Waals surface area contributed by atoms with Crippen molar-refractivity contribution in [3.8, 4) is 0 Å². The standard InChI is InChI=1S/C18H18N4O2S/c1-12(14-10-9-13-5-4-6-15(13)11-14)20-21-18(25)19-16-7-2-3-8-17(16)22(23)24/h2-3,7-11H,4-6H2,1H3,(H2,19,21,25)/b20-12-. The first-order valence-corrected chi connectivity index (χ1v) is 8.42. The molecular formula is C18H18N4O2S. The van der Waals surface area contributed by atoms with Gasteiger partial charge in [0.2, 0.25) is 0 Å². The lowest BCUT2D eigenvalue weighted by Gasteiger charge is -2.09. The van der Waals surface area contributed by atoms with Crippen LogP contribution in [0.5, 0.6) is 0 Å². The summed E-state index contributed by atoms with van der Waals surface area (Å²) in [5.74, 6) is 0. The summed E-state index contributed by atoms with van der Waals surface area (Å²) in [7, 11) is 0. The van der Waals surface area contributed by atoms with Gasteiger partial charge in [-0.05, 0) is 67.2 Å². The van der Waals surface area contributed by atoms with E-state index in [4.69, 9.17) is 12.2 Å². The van der Waals surface area contributed by atoms with E-state index in [1.54, 1.807) is 18.2 Å². The normalized spacial score (nSPS) is 13.2. The van der Waals surface area contributed by atoms with E-state index in [1.807, 2.05) is 6.92 Å². The van der Waals surface area contributed by atoms with E-state index in [0.29, 0.717) is 5.69 Å². The summed E-state index contributed by atoms with van der Waals surface area (Å²) in [6.07, 6.45) is 3.46. The zero-order valence-electron chi connectivity index (χ0n) is 13.8. The van der Waals surface area contributed by atoms with Crippen molar-refractivity contribution in [2.75, 3.05) is 5.32 Å². The van der Waals surface area contributed by atoms with Gasteiger partial charge in [-0.1, -0.05) is 24.3 Å². The van der Waals surface area contributed by atoms with Gasteiger partial charge in [0.1, 0.15) is 5.69 Å². The molecule has 0 aromatic heterocycles. The first kappa shape index (κ1) is 17.0. The number of benzene rings is 2. The predicted molar refractivity (Wildman–Crippen MR) is 103 cm³/mol. The third kappa shape index (κ3) is 4.00. The fraction of sp³-hybridized carbons (Fsp3) is 0.222. The molecule has 7 heteroatoms. The lowest BCUT2D eigenvalue weighted by Crippen LogP contribution is -2.25. The molecule has 0 saturated heterocycles. The minimum absolute atomic E-state index is 0.0361. The molecule has 0 unspecified atom stereocenters. The van der Waals surface area contributed by atoms with E-state index in [9.17, 15) is 10.1 Å². The monoisotopic (exact) mass is 354 g/mol. The highest BCUT2D eigenvalue weighted by Crippen LogP contribution is 2.24. The second kappa shape index (κ2) is 7.40. The number of nitro groups is 1. The minimum Gasteiger partial charge on any atom is -0.326 e. The van der Waals surface area contributed by atoms with Crippen molar-refractivity contribution >= 4 is 34.4 Å². The van der Waals surface area contributed by atoms with Gasteiger partial charge in [-0.2, -0.15) is 5.10 Å². The molecule has 2 N–H and O–H groups in total. The van der Waals surface area contributed by atoms with Crippen LogP contribution in [-0.2, 0) is 12.8 Å². The van der Waals surface area contributed by atoms with E-state index < -0.39 is 4.92 Å². The van der Waals surface area contributed by atoms with Gasteiger partial charge in [-0.25, -0.2) is 0 Å². The van der Waals surface area contributed by atoms with Crippen molar-refractivity contribution < 1.29 is 4.92 Å². The van der Waals surface area contributed by atoms with Crippen LogP contribution in [0.3, 0.4) is 0 Å². The van der Waals surface area contributed by atoms with Crippen molar-refractivity contribution in [3.05, 3.63) is 69.3 Å². The quantitative estimate of drug-likeness (QED) is 0.378. The first-order valence-electron chi connectivity index (χ1n) is 8.01. The number of hydrogen-bond donors (Lipinski definition) is 2. The Morgan fingerprint density at radius 3 is 2.76 bits per heavy atom. The summed E-state index contributed by atoms with van der Waals surface area (Å²) < 4.78 is 0. The molecule has 0 bridgehead atoms. The maximum absolute atomic E-state index is 11.0. The van der Waals surface area contributed by atoms with Crippen LogP contribution in [0, 0.1) is 10.1 Å². The van der Waals surface area contributed by atoms with Crippen LogP contribution < -0.4 is 10.7 Å². The zero-order chi connectivity index (χ0) is 17.8. The molecule has 25 heavy (non-hydrogen) atoms. The van der Waals surface area contributed by atoms with Crippen LogP contribution in [0.15, 0.2) is 47.6 Å². The minimum atomic E-state index is -0.454. The Morgan fingerprint density at radius 2 is 1.96 bits per heavy atom. The topological polar surface area (TPSA) is 79.6 Å². The molecule has 0 atom stereocenters. The van der Waals surface area contributed by atoms with Gasteiger partial charge >= 0.3 is 0 Å². The van der Waals surface area contributed by atoms with Crippen molar-refractivity contribution in [2.24, 2.45) is 5.10 Å². The smallest absolute Gasteiger partial charge is 0.292 e. The van der Waals surface area contributed by atoms with Gasteiger partial charge in [0.25, 0.3) is 5.69 Å². The van der Waals surface area contributed by atoms with Gasteiger partial charge in [0.05, 0.1) is 10.6 Å². The van der Waals surface area contributed by atoms with E-state index in [2.05, 4.69) is 34.0 Å². The highest BCUT2D eigenvalue weighted by Gasteiger charge is 2.14. The van der Waals surface area contributed by atoms with Crippen molar-refractivity contribution in [1.82, 2.24) is 5.43 Å². The van der Waals surface area contributed by atoms with Crippen molar-refractivity contribution in [2.45, 2.75) is 26.2 Å². The third-order valence-corrected chi connectivity index (χ3v) is 4.38. The van der Waals surface area contributed by atoms with Crippen LogP contribution in [0.2, 0.25) is 0 Å². The van der Waals surface area contributed by atoms with Crippen molar-refractivity contribution in [1.29, 1.82) is 0 Å². The largest absolute Gasteiger partial charge is 0.326 e. The molecule has 0 fully saturated rings. The number of rotatable bonds is 4.